The average molecular weight is 534 g/mol. The summed E-state index contributed by atoms with van der Waals surface area (Å²) in [4.78, 5) is 11.2. The van der Waals surface area contributed by atoms with Gasteiger partial charge in [-0.05, 0) is 68.7 Å². The predicted octanol–water partition coefficient (Wildman–Crippen LogP) is 5.06. The minimum Gasteiger partial charge on any atom is -0.493 e. The highest BCUT2D eigenvalue weighted by Crippen LogP contribution is 2.38. The van der Waals surface area contributed by atoms with Gasteiger partial charge < -0.3 is 14.4 Å². The number of hydrogen-bond acceptors (Lipinski definition) is 7. The van der Waals surface area contributed by atoms with E-state index in [0.717, 1.165) is 92.5 Å². The lowest BCUT2D eigenvalue weighted by Crippen LogP contribution is -2.38. The molecule has 6 heterocycles. The first-order chi connectivity index (χ1) is 19.0. The van der Waals surface area contributed by atoms with Gasteiger partial charge in [0.15, 0.2) is 11.4 Å². The summed E-state index contributed by atoms with van der Waals surface area (Å²) in [7, 11) is 1.61. The standard InChI is InChI=1S/C29H36FN7O2/c1-18(2)25-26(21-14-24(38-3)29-31-17-32-37(29)16-21)34-35-27(25)23-5-4-22(28(30)33-23)20-6-10-36(11-7-20)15-19-8-12-39-13-9-19/h4-5,14,16-20H,6-13,15H2,1-3H3,(H,34,35). The van der Waals surface area contributed by atoms with Gasteiger partial charge in [-0.25, -0.2) is 14.5 Å². The summed E-state index contributed by atoms with van der Waals surface area (Å²) in [5.41, 5.74) is 5.21. The molecule has 39 heavy (non-hydrogen) atoms. The summed E-state index contributed by atoms with van der Waals surface area (Å²) in [6.45, 7) is 9.10. The zero-order valence-electron chi connectivity index (χ0n) is 22.9. The van der Waals surface area contributed by atoms with Gasteiger partial charge >= 0.3 is 0 Å². The number of likely N-dealkylation sites (tertiary alicyclic amines) is 1. The molecule has 10 heteroatoms. The number of fused-ring (bicyclic) bond motifs is 1. The molecule has 6 rings (SSSR count). The molecule has 0 saturated carbocycles. The Kier molecular flexibility index (Phi) is 7.31. The van der Waals surface area contributed by atoms with Crippen molar-refractivity contribution < 1.29 is 13.9 Å². The molecule has 0 radical (unpaired) electrons. The number of pyridine rings is 2. The third-order valence-electron chi connectivity index (χ3n) is 8.23. The number of nitrogens with one attached hydrogen (secondary N) is 1. The van der Waals surface area contributed by atoms with E-state index in [0.29, 0.717) is 17.1 Å². The van der Waals surface area contributed by atoms with Crippen molar-refractivity contribution in [2.24, 2.45) is 5.92 Å². The van der Waals surface area contributed by atoms with Gasteiger partial charge in [0.25, 0.3) is 0 Å². The third kappa shape index (κ3) is 5.15. The number of aromatic nitrogens is 6. The topological polar surface area (TPSA) is 93.5 Å². The van der Waals surface area contributed by atoms with Crippen molar-refractivity contribution in [3.05, 3.63) is 47.8 Å². The van der Waals surface area contributed by atoms with E-state index >= 15 is 4.39 Å². The van der Waals surface area contributed by atoms with E-state index in [9.17, 15) is 0 Å². The van der Waals surface area contributed by atoms with Crippen LogP contribution in [0, 0.1) is 11.9 Å². The molecule has 0 unspecified atom stereocenters. The van der Waals surface area contributed by atoms with Crippen LogP contribution in [0.25, 0.3) is 28.3 Å². The van der Waals surface area contributed by atoms with Crippen LogP contribution in [-0.2, 0) is 4.74 Å². The first-order valence-electron chi connectivity index (χ1n) is 13.9. The number of hydrogen-bond donors (Lipinski definition) is 1. The highest BCUT2D eigenvalue weighted by molar-refractivity contribution is 5.75. The molecular weight excluding hydrogens is 497 g/mol. The Bertz CT molecular complexity index is 1430. The van der Waals surface area contributed by atoms with Crippen molar-refractivity contribution in [1.29, 1.82) is 0 Å². The molecule has 9 nitrogen and oxygen atoms in total. The molecule has 4 aromatic rings. The van der Waals surface area contributed by atoms with Crippen molar-refractivity contribution in [3.63, 3.8) is 0 Å². The zero-order chi connectivity index (χ0) is 26.9. The Hall–Kier alpha value is -3.37. The van der Waals surface area contributed by atoms with Crippen molar-refractivity contribution in [2.75, 3.05) is 40.0 Å². The van der Waals surface area contributed by atoms with Crippen LogP contribution in [0.3, 0.4) is 0 Å². The Morgan fingerprint density at radius 2 is 1.95 bits per heavy atom. The van der Waals surface area contributed by atoms with Gasteiger partial charge in [0.05, 0.1) is 24.2 Å². The first kappa shape index (κ1) is 25.9. The van der Waals surface area contributed by atoms with Crippen molar-refractivity contribution in [1.82, 2.24) is 34.7 Å². The second-order valence-corrected chi connectivity index (χ2v) is 11.0. The van der Waals surface area contributed by atoms with Gasteiger partial charge in [0.1, 0.15) is 6.33 Å². The zero-order valence-corrected chi connectivity index (χ0v) is 22.9. The van der Waals surface area contributed by atoms with Crippen molar-refractivity contribution >= 4 is 5.65 Å². The van der Waals surface area contributed by atoms with Crippen LogP contribution >= 0.6 is 0 Å². The number of halogens is 1. The van der Waals surface area contributed by atoms with E-state index in [1.165, 1.54) is 6.33 Å². The minimum absolute atomic E-state index is 0.121. The second kappa shape index (κ2) is 11.0. The summed E-state index contributed by atoms with van der Waals surface area (Å²) in [5, 5.41) is 12.0. The van der Waals surface area contributed by atoms with Gasteiger partial charge in [-0.3, -0.25) is 5.10 Å². The molecule has 0 aliphatic carbocycles. The third-order valence-corrected chi connectivity index (χ3v) is 8.23. The lowest BCUT2D eigenvalue weighted by atomic mass is 9.88. The molecule has 0 spiro atoms. The fourth-order valence-corrected chi connectivity index (χ4v) is 6.11. The van der Waals surface area contributed by atoms with Crippen molar-refractivity contribution in [2.45, 2.75) is 51.4 Å². The fraction of sp³-hybridized carbons (Fsp3) is 0.517. The van der Waals surface area contributed by atoms with Gasteiger partial charge in [0, 0.05) is 42.6 Å². The highest BCUT2D eigenvalue weighted by Gasteiger charge is 2.27. The SMILES string of the molecule is COc1cc(-c2n[nH]c(-c3ccc(C4CCN(CC5CCOCC5)CC4)c(F)n3)c2C(C)C)cn2ncnc12. The number of ether oxygens (including phenoxy) is 2. The smallest absolute Gasteiger partial charge is 0.216 e. The Labute approximate surface area is 227 Å². The summed E-state index contributed by atoms with van der Waals surface area (Å²) < 4.78 is 28.2. The van der Waals surface area contributed by atoms with E-state index in [-0.39, 0.29) is 17.8 Å². The number of methoxy groups -OCH3 is 1. The molecular formula is C29H36FN7O2. The number of rotatable bonds is 7. The maximum atomic E-state index is 15.5. The van der Waals surface area contributed by atoms with Crippen LogP contribution in [0.15, 0.2) is 30.7 Å². The molecule has 2 aliphatic rings. The van der Waals surface area contributed by atoms with Crippen LogP contribution in [-0.4, -0.2) is 74.6 Å². The van der Waals surface area contributed by atoms with Gasteiger partial charge in [-0.1, -0.05) is 19.9 Å². The quantitative estimate of drug-likeness (QED) is 0.332. The average Bonchev–Trinajstić information content (AvgIpc) is 3.61. The molecule has 0 bridgehead atoms. The highest BCUT2D eigenvalue weighted by atomic mass is 19.1. The number of H-pyrrole nitrogens is 1. The summed E-state index contributed by atoms with van der Waals surface area (Å²) in [6.07, 6.45) is 7.58. The van der Waals surface area contributed by atoms with E-state index in [2.05, 4.69) is 44.0 Å². The van der Waals surface area contributed by atoms with Crippen molar-refractivity contribution in [3.8, 4) is 28.4 Å². The maximum absolute atomic E-state index is 15.5. The van der Waals surface area contributed by atoms with Crippen LogP contribution in [0.2, 0.25) is 0 Å². The van der Waals surface area contributed by atoms with E-state index < -0.39 is 0 Å². The Balaban J connectivity index is 1.22. The lowest BCUT2D eigenvalue weighted by Gasteiger charge is -2.35. The molecule has 2 fully saturated rings. The molecule has 4 aromatic heterocycles. The second-order valence-electron chi connectivity index (χ2n) is 11.0. The first-order valence-corrected chi connectivity index (χ1v) is 13.9. The van der Waals surface area contributed by atoms with Crippen LogP contribution < -0.4 is 4.74 Å². The summed E-state index contributed by atoms with van der Waals surface area (Å²) in [5.74, 6) is 1.27. The molecule has 1 N–H and O–H groups in total. The Morgan fingerprint density at radius 3 is 2.67 bits per heavy atom. The monoisotopic (exact) mass is 533 g/mol. The van der Waals surface area contributed by atoms with E-state index in [1.807, 2.05) is 24.4 Å². The normalized spacial score (nSPS) is 17.9. The predicted molar refractivity (Wildman–Crippen MR) is 146 cm³/mol. The molecule has 0 amide bonds. The van der Waals surface area contributed by atoms with Gasteiger partial charge in [-0.15, -0.1) is 0 Å². The van der Waals surface area contributed by atoms with E-state index in [1.54, 1.807) is 11.6 Å². The maximum Gasteiger partial charge on any atom is 0.216 e. The van der Waals surface area contributed by atoms with Crippen LogP contribution in [0.1, 0.15) is 62.5 Å². The largest absolute Gasteiger partial charge is 0.493 e. The van der Waals surface area contributed by atoms with Crippen LogP contribution in [0.4, 0.5) is 4.39 Å². The molecule has 0 aromatic carbocycles. The molecule has 0 atom stereocenters. The van der Waals surface area contributed by atoms with Crippen LogP contribution in [0.5, 0.6) is 5.75 Å². The molecule has 206 valence electrons. The molecule has 2 saturated heterocycles. The summed E-state index contributed by atoms with van der Waals surface area (Å²) in [6, 6.07) is 5.75. The van der Waals surface area contributed by atoms with Gasteiger partial charge in [-0.2, -0.15) is 14.6 Å². The van der Waals surface area contributed by atoms with E-state index in [4.69, 9.17) is 9.47 Å². The lowest BCUT2D eigenvalue weighted by molar-refractivity contribution is 0.0487. The molecule has 2 aliphatic heterocycles. The Morgan fingerprint density at radius 1 is 1.15 bits per heavy atom. The minimum atomic E-state index is -0.382. The number of piperidine rings is 1. The number of aromatic amines is 1. The number of nitrogens with zero attached hydrogens (tertiary/aromatic N) is 6. The summed E-state index contributed by atoms with van der Waals surface area (Å²) >= 11 is 0. The van der Waals surface area contributed by atoms with Gasteiger partial charge in [0.2, 0.25) is 5.95 Å². The fourth-order valence-electron chi connectivity index (χ4n) is 6.11.